The fraction of sp³-hybridized carbons (Fsp3) is 0.382. The number of anilines is 3. The van der Waals surface area contributed by atoms with E-state index in [0.717, 1.165) is 18.4 Å². The second kappa shape index (κ2) is 13.5. The van der Waals surface area contributed by atoms with Crippen LogP contribution in [0.25, 0.3) is 0 Å². The molecule has 3 aromatic carbocycles. The molecule has 0 aromatic heterocycles. The van der Waals surface area contributed by atoms with E-state index < -0.39 is 0 Å². The summed E-state index contributed by atoms with van der Waals surface area (Å²) >= 11 is 0. The number of para-hydroxylation sites is 3. The van der Waals surface area contributed by atoms with E-state index in [-0.39, 0.29) is 48.3 Å². The summed E-state index contributed by atoms with van der Waals surface area (Å²) < 4.78 is 6.61. The van der Waals surface area contributed by atoms with Gasteiger partial charge in [0.05, 0.1) is 35.3 Å². The van der Waals surface area contributed by atoms with Crippen molar-refractivity contribution in [2.75, 3.05) is 43.1 Å². The fourth-order valence-electron chi connectivity index (χ4n) is 5.39. The van der Waals surface area contributed by atoms with Crippen LogP contribution in [0.4, 0.5) is 17.1 Å². The molecule has 1 fully saturated rings. The molecular weight excluding hydrogens is 558 g/mol. The number of hydrogen-bond donors (Lipinski definition) is 4. The van der Waals surface area contributed by atoms with Crippen LogP contribution in [0.15, 0.2) is 66.7 Å². The lowest BCUT2D eigenvalue weighted by molar-refractivity contribution is -0.117. The molecule has 0 saturated heterocycles. The maximum absolute atomic E-state index is 13.7. The van der Waals surface area contributed by atoms with Gasteiger partial charge in [-0.05, 0) is 68.8 Å². The van der Waals surface area contributed by atoms with E-state index in [1.54, 1.807) is 47.4 Å². The van der Waals surface area contributed by atoms with Crippen LogP contribution in [0, 0.1) is 11.8 Å². The SMILES string of the molecule is C[C@H](CO)N1C[C@H](C)[C@H](CN(C)Cc2ccc(C(=O)Nc3ccccc3N)cc2)Oc2c(NC(=O)C3CC3)cccc2C1=O. The minimum atomic E-state index is -0.381. The molecule has 232 valence electrons. The molecule has 0 bridgehead atoms. The molecule has 44 heavy (non-hydrogen) atoms. The van der Waals surface area contributed by atoms with E-state index in [1.165, 1.54) is 0 Å². The largest absolute Gasteiger partial charge is 0.486 e. The quantitative estimate of drug-likeness (QED) is 0.256. The average Bonchev–Trinajstić information content (AvgIpc) is 3.86. The van der Waals surface area contributed by atoms with Gasteiger partial charge in [0.15, 0.2) is 5.75 Å². The first kappa shape index (κ1) is 31.0. The first-order valence-corrected chi connectivity index (χ1v) is 15.1. The lowest BCUT2D eigenvalue weighted by atomic mass is 9.98. The number of fused-ring (bicyclic) bond motifs is 1. The second-order valence-corrected chi connectivity index (χ2v) is 12.0. The summed E-state index contributed by atoms with van der Waals surface area (Å²) in [6.45, 7) is 5.24. The highest BCUT2D eigenvalue weighted by Gasteiger charge is 2.36. The third-order valence-electron chi connectivity index (χ3n) is 8.27. The molecule has 0 spiro atoms. The number of aliphatic hydroxyl groups is 1. The first-order chi connectivity index (χ1) is 21.1. The summed E-state index contributed by atoms with van der Waals surface area (Å²) in [5, 5.41) is 15.8. The molecule has 10 heteroatoms. The molecular formula is C34H41N5O5. The lowest BCUT2D eigenvalue weighted by Gasteiger charge is -2.38. The third kappa shape index (κ3) is 7.20. The van der Waals surface area contributed by atoms with Gasteiger partial charge in [-0.2, -0.15) is 0 Å². The van der Waals surface area contributed by atoms with Crippen LogP contribution >= 0.6 is 0 Å². The molecule has 3 atom stereocenters. The Morgan fingerprint density at radius 1 is 1.05 bits per heavy atom. The maximum Gasteiger partial charge on any atom is 0.258 e. The van der Waals surface area contributed by atoms with Crippen molar-refractivity contribution >= 4 is 34.8 Å². The van der Waals surface area contributed by atoms with Crippen molar-refractivity contribution in [3.63, 3.8) is 0 Å². The van der Waals surface area contributed by atoms with Gasteiger partial charge in [-0.1, -0.05) is 37.3 Å². The Hall–Kier alpha value is -4.41. The number of nitrogen functional groups attached to an aromatic ring is 1. The molecule has 5 rings (SSSR count). The number of carbonyl (C=O) groups excluding carboxylic acids is 3. The van der Waals surface area contributed by atoms with Gasteiger partial charge >= 0.3 is 0 Å². The molecule has 10 nitrogen and oxygen atoms in total. The number of ether oxygens (including phenoxy) is 1. The summed E-state index contributed by atoms with van der Waals surface area (Å²) in [7, 11) is 1.99. The molecule has 3 aromatic rings. The Morgan fingerprint density at radius 2 is 1.75 bits per heavy atom. The molecule has 1 saturated carbocycles. The molecule has 5 N–H and O–H groups in total. The van der Waals surface area contributed by atoms with Crippen LogP contribution in [0.2, 0.25) is 0 Å². The van der Waals surface area contributed by atoms with E-state index in [9.17, 15) is 19.5 Å². The number of likely N-dealkylation sites (N-methyl/N-ethyl adjacent to an activating group) is 1. The number of nitrogens with one attached hydrogen (secondary N) is 2. The number of rotatable bonds is 10. The Balaban J connectivity index is 1.31. The van der Waals surface area contributed by atoms with Crippen molar-refractivity contribution in [2.24, 2.45) is 11.8 Å². The zero-order valence-corrected chi connectivity index (χ0v) is 25.5. The minimum Gasteiger partial charge on any atom is -0.486 e. The van der Waals surface area contributed by atoms with E-state index >= 15 is 0 Å². The maximum atomic E-state index is 13.7. The molecule has 2 aliphatic rings. The Bertz CT molecular complexity index is 1510. The van der Waals surface area contributed by atoms with Crippen molar-refractivity contribution in [3.05, 3.63) is 83.4 Å². The number of amides is 3. The summed E-state index contributed by atoms with van der Waals surface area (Å²) in [6, 6.07) is 19.4. The standard InChI is InChI=1S/C34H41N5O5/c1-21-17-39(22(2)20-40)34(43)26-7-6-10-29(37-33(42)25-15-16-25)31(26)44-30(21)19-38(3)18-23-11-13-24(14-12-23)32(41)36-28-9-5-4-8-27(28)35/h4-14,21-22,25,30,40H,15-20,35H2,1-3H3,(H,36,41)(H,37,42)/t21-,22+,30-/m0/s1. The normalized spacial score (nSPS) is 18.9. The van der Waals surface area contributed by atoms with Crippen LogP contribution in [0.5, 0.6) is 5.75 Å². The average molecular weight is 600 g/mol. The third-order valence-corrected chi connectivity index (χ3v) is 8.27. The second-order valence-electron chi connectivity index (χ2n) is 12.0. The van der Waals surface area contributed by atoms with Crippen LogP contribution in [0.1, 0.15) is 53.0 Å². The van der Waals surface area contributed by atoms with E-state index in [4.69, 9.17) is 10.5 Å². The minimum absolute atomic E-state index is 0.00388. The number of nitrogens with two attached hydrogens (primary N) is 1. The topological polar surface area (TPSA) is 137 Å². The highest BCUT2D eigenvalue weighted by molar-refractivity contribution is 6.05. The van der Waals surface area contributed by atoms with Crippen LogP contribution in [-0.4, -0.2) is 71.5 Å². The summed E-state index contributed by atoms with van der Waals surface area (Å²) in [5.74, 6) is -0.256. The van der Waals surface area contributed by atoms with Gasteiger partial charge in [0.2, 0.25) is 5.91 Å². The van der Waals surface area contributed by atoms with Crippen molar-refractivity contribution in [1.82, 2.24) is 9.80 Å². The molecule has 0 unspecified atom stereocenters. The highest BCUT2D eigenvalue weighted by atomic mass is 16.5. The van der Waals surface area contributed by atoms with E-state index in [1.807, 2.05) is 45.2 Å². The van der Waals surface area contributed by atoms with Crippen LogP contribution in [0.3, 0.4) is 0 Å². The molecule has 0 radical (unpaired) electrons. The van der Waals surface area contributed by atoms with Gasteiger partial charge in [0, 0.05) is 37.0 Å². The highest BCUT2D eigenvalue weighted by Crippen LogP contribution is 2.37. The number of nitrogens with zero attached hydrogens (tertiary/aromatic N) is 2. The smallest absolute Gasteiger partial charge is 0.258 e. The van der Waals surface area contributed by atoms with Gasteiger partial charge in [-0.25, -0.2) is 0 Å². The van der Waals surface area contributed by atoms with Gasteiger partial charge in [0.1, 0.15) is 6.10 Å². The molecule has 1 heterocycles. The summed E-state index contributed by atoms with van der Waals surface area (Å²) in [5.41, 5.74) is 9.42. The molecule has 1 aliphatic carbocycles. The Kier molecular flexibility index (Phi) is 9.51. The predicted molar refractivity (Wildman–Crippen MR) is 171 cm³/mol. The Labute approximate surface area is 258 Å². The lowest BCUT2D eigenvalue weighted by Crippen LogP contribution is -2.49. The van der Waals surface area contributed by atoms with Crippen LogP contribution < -0.4 is 21.1 Å². The van der Waals surface area contributed by atoms with Gasteiger partial charge in [-0.3, -0.25) is 19.3 Å². The van der Waals surface area contributed by atoms with Crippen molar-refractivity contribution in [3.8, 4) is 5.75 Å². The number of benzene rings is 3. The molecule has 1 aliphatic heterocycles. The number of hydrogen-bond acceptors (Lipinski definition) is 7. The Morgan fingerprint density at radius 3 is 2.43 bits per heavy atom. The van der Waals surface area contributed by atoms with Crippen LogP contribution in [-0.2, 0) is 11.3 Å². The van der Waals surface area contributed by atoms with E-state index in [0.29, 0.717) is 53.6 Å². The van der Waals surface area contributed by atoms with Gasteiger partial charge in [0.25, 0.3) is 11.8 Å². The van der Waals surface area contributed by atoms with Crippen molar-refractivity contribution in [2.45, 2.75) is 45.4 Å². The van der Waals surface area contributed by atoms with Crippen molar-refractivity contribution < 1.29 is 24.2 Å². The monoisotopic (exact) mass is 599 g/mol. The number of aliphatic hydroxyl groups excluding tert-OH is 1. The number of carbonyl (C=O) groups is 3. The zero-order valence-electron chi connectivity index (χ0n) is 25.5. The fourth-order valence-corrected chi connectivity index (χ4v) is 5.39. The zero-order chi connectivity index (χ0) is 31.4. The predicted octanol–water partition coefficient (Wildman–Crippen LogP) is 4.22. The molecule has 3 amide bonds. The van der Waals surface area contributed by atoms with Gasteiger partial charge < -0.3 is 31.1 Å². The van der Waals surface area contributed by atoms with Crippen molar-refractivity contribution in [1.29, 1.82) is 0 Å². The summed E-state index contributed by atoms with van der Waals surface area (Å²) in [4.78, 5) is 42.9. The summed E-state index contributed by atoms with van der Waals surface area (Å²) in [6.07, 6.45) is 1.40. The van der Waals surface area contributed by atoms with Gasteiger partial charge in [-0.15, -0.1) is 0 Å². The first-order valence-electron chi connectivity index (χ1n) is 15.1. The van der Waals surface area contributed by atoms with E-state index in [2.05, 4.69) is 15.5 Å².